The number of hydrazone groups is 1. The summed E-state index contributed by atoms with van der Waals surface area (Å²) in [4.78, 5) is 24.9. The number of ether oxygens (including phenoxy) is 2. The van der Waals surface area contributed by atoms with Crippen molar-refractivity contribution in [2.75, 3.05) is 24.1 Å². The van der Waals surface area contributed by atoms with Crippen LogP contribution in [-0.4, -0.2) is 46.2 Å². The van der Waals surface area contributed by atoms with Gasteiger partial charge in [-0.3, -0.25) is 13.9 Å². The lowest BCUT2D eigenvalue weighted by atomic mass is 10.2. The SMILES string of the molecule is CCOc1ccc(S(=O)(=O)N(CC(=O)N/N=C/c2ccc(OCC(=O)NCc3ccccc3)cc2)c2ccc(C)cc2)cc1. The molecule has 2 amide bonds. The number of sulfonamides is 1. The van der Waals surface area contributed by atoms with Crippen LogP contribution in [0.4, 0.5) is 5.69 Å². The van der Waals surface area contributed by atoms with Crippen LogP contribution < -0.4 is 24.5 Å². The second kappa shape index (κ2) is 15.4. The number of carbonyl (C=O) groups excluding carboxylic acids is 2. The Labute approximate surface area is 257 Å². The van der Waals surface area contributed by atoms with E-state index in [1.54, 1.807) is 60.7 Å². The van der Waals surface area contributed by atoms with Gasteiger partial charge in [0.25, 0.3) is 21.8 Å². The predicted molar refractivity (Wildman–Crippen MR) is 169 cm³/mol. The summed E-state index contributed by atoms with van der Waals surface area (Å²) in [6, 6.07) is 29.2. The molecule has 0 atom stereocenters. The Kier molecular flexibility index (Phi) is 11.1. The summed E-state index contributed by atoms with van der Waals surface area (Å²) in [5, 5.41) is 6.78. The van der Waals surface area contributed by atoms with Crippen molar-refractivity contribution in [1.29, 1.82) is 0 Å². The van der Waals surface area contributed by atoms with Crippen molar-refractivity contribution in [3.05, 3.63) is 120 Å². The Balaban J connectivity index is 1.33. The average molecular weight is 615 g/mol. The fraction of sp³-hybridized carbons (Fsp3) is 0.182. The van der Waals surface area contributed by atoms with E-state index in [0.717, 1.165) is 15.4 Å². The van der Waals surface area contributed by atoms with Gasteiger partial charge in [0.05, 0.1) is 23.4 Å². The Morgan fingerprint density at radius 3 is 2.11 bits per heavy atom. The first-order valence-electron chi connectivity index (χ1n) is 13.9. The summed E-state index contributed by atoms with van der Waals surface area (Å²) in [7, 11) is -4.08. The van der Waals surface area contributed by atoms with E-state index in [4.69, 9.17) is 9.47 Å². The highest BCUT2D eigenvalue weighted by atomic mass is 32.2. The highest BCUT2D eigenvalue weighted by Crippen LogP contribution is 2.25. The molecule has 0 saturated carbocycles. The van der Waals surface area contributed by atoms with Gasteiger partial charge in [-0.05, 0) is 85.6 Å². The van der Waals surface area contributed by atoms with Crippen molar-refractivity contribution >= 4 is 33.7 Å². The molecule has 4 aromatic rings. The number of nitrogens with one attached hydrogen (secondary N) is 2. The summed E-state index contributed by atoms with van der Waals surface area (Å²) < 4.78 is 39.1. The monoisotopic (exact) mass is 614 g/mol. The molecule has 0 aliphatic rings. The Bertz CT molecular complexity index is 1660. The van der Waals surface area contributed by atoms with Gasteiger partial charge in [-0.2, -0.15) is 5.10 Å². The number of hydrogen-bond donors (Lipinski definition) is 2. The fourth-order valence-corrected chi connectivity index (χ4v) is 5.44. The van der Waals surface area contributed by atoms with E-state index in [-0.39, 0.29) is 17.4 Å². The molecule has 44 heavy (non-hydrogen) atoms. The summed E-state index contributed by atoms with van der Waals surface area (Å²) in [6.07, 6.45) is 1.42. The maximum Gasteiger partial charge on any atom is 0.264 e. The normalized spacial score (nSPS) is 11.1. The zero-order valence-corrected chi connectivity index (χ0v) is 25.3. The molecule has 0 fully saturated rings. The van der Waals surface area contributed by atoms with Gasteiger partial charge in [0.2, 0.25) is 0 Å². The maximum atomic E-state index is 13.6. The number of benzene rings is 4. The molecular formula is C33H34N4O6S. The highest BCUT2D eigenvalue weighted by molar-refractivity contribution is 7.92. The van der Waals surface area contributed by atoms with Crippen molar-refractivity contribution < 1.29 is 27.5 Å². The minimum atomic E-state index is -4.08. The third-order valence-electron chi connectivity index (χ3n) is 6.32. The first-order chi connectivity index (χ1) is 21.2. The average Bonchev–Trinajstić information content (AvgIpc) is 3.03. The zero-order valence-electron chi connectivity index (χ0n) is 24.5. The van der Waals surface area contributed by atoms with Gasteiger partial charge in [0.15, 0.2) is 6.61 Å². The van der Waals surface area contributed by atoms with Crippen LogP contribution in [0.1, 0.15) is 23.6 Å². The number of nitrogens with zero attached hydrogens (tertiary/aromatic N) is 2. The molecule has 2 N–H and O–H groups in total. The van der Waals surface area contributed by atoms with E-state index >= 15 is 0 Å². The van der Waals surface area contributed by atoms with Crippen LogP contribution in [0.25, 0.3) is 0 Å². The Hall–Kier alpha value is -5.16. The Morgan fingerprint density at radius 2 is 1.45 bits per heavy atom. The number of rotatable bonds is 14. The standard InChI is InChI=1S/C33H34N4O6S/c1-3-42-29-17-19-31(20-18-29)44(40,41)37(28-13-9-25(2)10-14-28)23-32(38)36-35-22-27-11-15-30(16-12-27)43-24-33(39)34-21-26-7-5-4-6-8-26/h4-20,22H,3,21,23-24H2,1-2H3,(H,34,39)(H,36,38)/b35-22+. The molecule has 0 radical (unpaired) electrons. The molecule has 4 aromatic carbocycles. The molecule has 11 heteroatoms. The van der Waals surface area contributed by atoms with E-state index in [1.165, 1.54) is 18.3 Å². The van der Waals surface area contributed by atoms with Gasteiger partial charge < -0.3 is 14.8 Å². The van der Waals surface area contributed by atoms with Gasteiger partial charge in [-0.25, -0.2) is 13.8 Å². The lowest BCUT2D eigenvalue weighted by Crippen LogP contribution is -2.39. The molecule has 0 aliphatic carbocycles. The van der Waals surface area contributed by atoms with Crippen molar-refractivity contribution in [3.8, 4) is 11.5 Å². The first kappa shape index (κ1) is 31.8. The summed E-state index contributed by atoms with van der Waals surface area (Å²) in [5.41, 5.74) is 5.33. The summed E-state index contributed by atoms with van der Waals surface area (Å²) >= 11 is 0. The highest BCUT2D eigenvalue weighted by Gasteiger charge is 2.27. The molecule has 0 aliphatic heterocycles. The first-order valence-corrected chi connectivity index (χ1v) is 15.4. The van der Waals surface area contributed by atoms with Crippen LogP contribution in [0.15, 0.2) is 113 Å². The number of carbonyl (C=O) groups is 2. The summed E-state index contributed by atoms with van der Waals surface area (Å²) in [5.74, 6) is 0.169. The van der Waals surface area contributed by atoms with Gasteiger partial charge in [0.1, 0.15) is 18.0 Å². The lowest BCUT2D eigenvalue weighted by Gasteiger charge is -2.24. The molecule has 228 valence electrons. The van der Waals surface area contributed by atoms with Crippen LogP contribution in [0.5, 0.6) is 11.5 Å². The van der Waals surface area contributed by atoms with Crippen LogP contribution in [-0.2, 0) is 26.2 Å². The van der Waals surface area contributed by atoms with E-state index < -0.39 is 22.5 Å². The Morgan fingerprint density at radius 1 is 0.818 bits per heavy atom. The van der Waals surface area contributed by atoms with Crippen molar-refractivity contribution in [2.24, 2.45) is 5.10 Å². The van der Waals surface area contributed by atoms with Crippen LogP contribution >= 0.6 is 0 Å². The van der Waals surface area contributed by atoms with Crippen molar-refractivity contribution in [2.45, 2.75) is 25.3 Å². The van der Waals surface area contributed by atoms with E-state index in [0.29, 0.717) is 35.9 Å². The van der Waals surface area contributed by atoms with Crippen LogP contribution in [0, 0.1) is 6.92 Å². The molecular weight excluding hydrogens is 580 g/mol. The third-order valence-corrected chi connectivity index (χ3v) is 8.11. The molecule has 0 spiro atoms. The molecule has 10 nitrogen and oxygen atoms in total. The van der Waals surface area contributed by atoms with Gasteiger partial charge in [0, 0.05) is 6.54 Å². The number of hydrogen-bond acceptors (Lipinski definition) is 7. The van der Waals surface area contributed by atoms with E-state index in [2.05, 4.69) is 15.8 Å². The number of amides is 2. The van der Waals surface area contributed by atoms with Gasteiger partial charge in [-0.1, -0.05) is 48.0 Å². The largest absolute Gasteiger partial charge is 0.494 e. The van der Waals surface area contributed by atoms with Crippen molar-refractivity contribution in [3.63, 3.8) is 0 Å². The van der Waals surface area contributed by atoms with Crippen LogP contribution in [0.3, 0.4) is 0 Å². The predicted octanol–water partition coefficient (Wildman–Crippen LogP) is 4.43. The van der Waals surface area contributed by atoms with Gasteiger partial charge in [-0.15, -0.1) is 0 Å². The van der Waals surface area contributed by atoms with Gasteiger partial charge >= 0.3 is 0 Å². The molecule has 0 bridgehead atoms. The second-order valence-electron chi connectivity index (χ2n) is 9.66. The number of anilines is 1. The molecule has 0 heterocycles. The minimum absolute atomic E-state index is 0.0220. The molecule has 0 aromatic heterocycles. The topological polar surface area (TPSA) is 126 Å². The second-order valence-corrected chi connectivity index (χ2v) is 11.5. The molecule has 0 unspecified atom stereocenters. The van der Waals surface area contributed by atoms with E-state index in [9.17, 15) is 18.0 Å². The zero-order chi connectivity index (χ0) is 31.4. The maximum absolute atomic E-state index is 13.6. The lowest BCUT2D eigenvalue weighted by molar-refractivity contribution is -0.123. The van der Waals surface area contributed by atoms with Crippen molar-refractivity contribution in [1.82, 2.24) is 10.7 Å². The molecule has 0 saturated heterocycles. The number of aryl methyl sites for hydroxylation is 1. The van der Waals surface area contributed by atoms with E-state index in [1.807, 2.05) is 44.2 Å². The minimum Gasteiger partial charge on any atom is -0.494 e. The smallest absolute Gasteiger partial charge is 0.264 e. The quantitative estimate of drug-likeness (QED) is 0.160. The van der Waals surface area contributed by atoms with Crippen LogP contribution in [0.2, 0.25) is 0 Å². The summed E-state index contributed by atoms with van der Waals surface area (Å²) in [6.45, 7) is 3.97. The fourth-order valence-electron chi connectivity index (χ4n) is 4.02. The molecule has 4 rings (SSSR count). The third kappa shape index (κ3) is 9.17.